The van der Waals surface area contributed by atoms with Crippen molar-refractivity contribution in [3.63, 3.8) is 0 Å². The Morgan fingerprint density at radius 3 is 2.16 bits per heavy atom. The lowest BCUT2D eigenvalue weighted by Gasteiger charge is -2.21. The van der Waals surface area contributed by atoms with E-state index in [1.54, 1.807) is 49.4 Å². The summed E-state index contributed by atoms with van der Waals surface area (Å²) in [6, 6.07) is 10.1. The van der Waals surface area contributed by atoms with E-state index in [9.17, 15) is 24.6 Å². The first-order chi connectivity index (χ1) is 17.7. The molecule has 0 bridgehead atoms. The lowest BCUT2D eigenvalue weighted by atomic mass is 10.0. The van der Waals surface area contributed by atoms with Crippen molar-refractivity contribution >= 4 is 41.0 Å². The Labute approximate surface area is 223 Å². The van der Waals surface area contributed by atoms with Crippen molar-refractivity contribution in [3.8, 4) is 5.75 Å². The van der Waals surface area contributed by atoms with Gasteiger partial charge in [-0.15, -0.1) is 0 Å². The van der Waals surface area contributed by atoms with Crippen LogP contribution in [0.25, 0.3) is 0 Å². The fourth-order valence-electron chi connectivity index (χ4n) is 3.58. The Morgan fingerprint density at radius 2 is 1.62 bits per heavy atom. The Hall–Kier alpha value is -2.89. The van der Waals surface area contributed by atoms with Crippen LogP contribution >= 0.6 is 23.2 Å². The molecule has 200 valence electrons. The van der Waals surface area contributed by atoms with Crippen molar-refractivity contribution in [2.75, 3.05) is 13.4 Å². The quantitative estimate of drug-likeness (QED) is 0.313. The predicted molar refractivity (Wildman–Crippen MR) is 134 cm³/mol. The minimum absolute atomic E-state index is 0.0233. The second-order valence-corrected chi connectivity index (χ2v) is 9.14. The summed E-state index contributed by atoms with van der Waals surface area (Å²) in [4.78, 5) is 37.1. The Bertz CT molecular complexity index is 1070. The van der Waals surface area contributed by atoms with E-state index in [0.717, 1.165) is 0 Å². The molecule has 1 heterocycles. The molecule has 37 heavy (non-hydrogen) atoms. The summed E-state index contributed by atoms with van der Waals surface area (Å²) in [7, 11) is 0. The first-order valence-corrected chi connectivity index (χ1v) is 12.3. The highest BCUT2D eigenvalue weighted by Crippen LogP contribution is 2.26. The lowest BCUT2D eigenvalue weighted by molar-refractivity contribution is -0.144. The van der Waals surface area contributed by atoms with Crippen LogP contribution in [0.4, 0.5) is 0 Å². The molecule has 1 aliphatic heterocycles. The molecule has 4 N–H and O–H groups in total. The van der Waals surface area contributed by atoms with Crippen molar-refractivity contribution in [2.24, 2.45) is 0 Å². The highest BCUT2D eigenvalue weighted by Gasteiger charge is 2.42. The number of hydrogen-bond acceptors (Lipinski definition) is 7. The van der Waals surface area contributed by atoms with E-state index in [1.807, 2.05) is 0 Å². The van der Waals surface area contributed by atoms with Gasteiger partial charge in [0, 0.05) is 22.0 Å². The second-order valence-electron chi connectivity index (χ2n) is 8.33. The monoisotopic (exact) mass is 554 g/mol. The summed E-state index contributed by atoms with van der Waals surface area (Å²) in [5, 5.41) is 24.9. The van der Waals surface area contributed by atoms with Gasteiger partial charge in [-0.05, 0) is 36.2 Å². The van der Waals surface area contributed by atoms with Crippen LogP contribution in [0.15, 0.2) is 42.5 Å². The van der Waals surface area contributed by atoms with Gasteiger partial charge in [0.25, 0.3) is 11.8 Å². The van der Waals surface area contributed by atoms with Crippen LogP contribution in [0, 0.1) is 0 Å². The topological polar surface area (TPSA) is 143 Å². The molecule has 3 rings (SSSR count). The number of carboxylic acid groups (broad SMARTS) is 1. The van der Waals surface area contributed by atoms with Gasteiger partial charge in [-0.25, -0.2) is 4.79 Å². The van der Waals surface area contributed by atoms with Crippen LogP contribution in [-0.4, -0.2) is 65.7 Å². The summed E-state index contributed by atoms with van der Waals surface area (Å²) in [5.74, 6) is -2.15. The maximum absolute atomic E-state index is 12.8. The molecule has 0 radical (unpaired) electrons. The summed E-state index contributed by atoms with van der Waals surface area (Å²) >= 11 is 12.3. The molecule has 1 saturated heterocycles. The Morgan fingerprint density at radius 1 is 1.03 bits per heavy atom. The predicted octanol–water partition coefficient (Wildman–Crippen LogP) is 2.31. The van der Waals surface area contributed by atoms with E-state index in [4.69, 9.17) is 37.4 Å². The number of aliphatic hydroxyl groups excluding tert-OH is 1. The summed E-state index contributed by atoms with van der Waals surface area (Å²) < 4.78 is 16.2. The largest absolute Gasteiger partial charge is 0.489 e. The van der Waals surface area contributed by atoms with Gasteiger partial charge in [0.1, 0.15) is 25.2 Å². The van der Waals surface area contributed by atoms with Crippen LogP contribution in [0.5, 0.6) is 5.75 Å². The molecule has 0 aliphatic carbocycles. The number of aliphatic carboxylic acids is 1. The van der Waals surface area contributed by atoms with Crippen molar-refractivity contribution in [1.29, 1.82) is 0 Å². The SMILES string of the molecule is CCC(CO)NC(=O)[C@@H]1OCO[C@H]1C(=O)N[C@@H](Cc1ccc(OCc2c(Cl)cccc2Cl)cc1)C(=O)O. The van der Waals surface area contributed by atoms with Crippen LogP contribution in [0.1, 0.15) is 24.5 Å². The van der Waals surface area contributed by atoms with Crippen LogP contribution in [0.2, 0.25) is 10.0 Å². The van der Waals surface area contributed by atoms with Crippen LogP contribution in [0.3, 0.4) is 0 Å². The van der Waals surface area contributed by atoms with Crippen molar-refractivity contribution in [1.82, 2.24) is 10.6 Å². The zero-order chi connectivity index (χ0) is 26.9. The fourth-order valence-corrected chi connectivity index (χ4v) is 4.09. The molecule has 12 heteroatoms. The number of rotatable bonds is 12. The summed E-state index contributed by atoms with van der Waals surface area (Å²) in [6.45, 7) is 1.36. The fraction of sp³-hybridized carbons (Fsp3) is 0.400. The smallest absolute Gasteiger partial charge is 0.326 e. The Kier molecular flexibility index (Phi) is 10.5. The van der Waals surface area contributed by atoms with Gasteiger partial charge in [0.2, 0.25) is 0 Å². The molecular formula is C25H28Cl2N2O8. The summed E-state index contributed by atoms with van der Waals surface area (Å²) in [5.41, 5.74) is 1.28. The van der Waals surface area contributed by atoms with Gasteiger partial charge in [-0.2, -0.15) is 0 Å². The minimum Gasteiger partial charge on any atom is -0.489 e. The van der Waals surface area contributed by atoms with E-state index in [-0.39, 0.29) is 26.4 Å². The number of hydrogen-bond donors (Lipinski definition) is 4. The van der Waals surface area contributed by atoms with E-state index < -0.39 is 42.1 Å². The van der Waals surface area contributed by atoms with Gasteiger partial charge < -0.3 is 35.1 Å². The number of benzene rings is 2. The third kappa shape index (κ3) is 7.80. The third-order valence-corrected chi connectivity index (χ3v) is 6.48. The van der Waals surface area contributed by atoms with Gasteiger partial charge in [0.15, 0.2) is 12.2 Å². The lowest BCUT2D eigenvalue weighted by Crippen LogP contribution is -2.53. The minimum atomic E-state index is -1.33. The van der Waals surface area contributed by atoms with Gasteiger partial charge >= 0.3 is 5.97 Å². The number of ether oxygens (including phenoxy) is 3. The van der Waals surface area contributed by atoms with Crippen LogP contribution in [-0.2, 0) is 36.9 Å². The molecule has 2 amide bonds. The zero-order valence-corrected chi connectivity index (χ0v) is 21.5. The number of aliphatic hydroxyl groups is 1. The van der Waals surface area contributed by atoms with E-state index in [1.165, 1.54) is 0 Å². The van der Waals surface area contributed by atoms with Gasteiger partial charge in [-0.1, -0.05) is 48.3 Å². The third-order valence-electron chi connectivity index (χ3n) is 5.77. The molecule has 0 aromatic heterocycles. The number of carbonyl (C=O) groups is 3. The molecular weight excluding hydrogens is 527 g/mol. The molecule has 1 fully saturated rings. The number of carbonyl (C=O) groups excluding carboxylic acids is 2. The van der Waals surface area contributed by atoms with E-state index in [2.05, 4.69) is 10.6 Å². The molecule has 2 aromatic rings. The van der Waals surface area contributed by atoms with Gasteiger partial charge in [0.05, 0.1) is 12.6 Å². The highest BCUT2D eigenvalue weighted by atomic mass is 35.5. The first kappa shape index (κ1) is 28.7. The highest BCUT2D eigenvalue weighted by molar-refractivity contribution is 6.35. The average Bonchev–Trinajstić information content (AvgIpc) is 3.38. The number of amides is 2. The summed E-state index contributed by atoms with van der Waals surface area (Å²) in [6.07, 6.45) is -2.14. The molecule has 4 atom stereocenters. The average molecular weight is 555 g/mol. The normalized spacial score (nSPS) is 18.6. The second kappa shape index (κ2) is 13.6. The van der Waals surface area contributed by atoms with E-state index >= 15 is 0 Å². The zero-order valence-electron chi connectivity index (χ0n) is 20.0. The molecule has 0 spiro atoms. The standard InChI is InChI=1S/C25H28Cl2N2O8/c1-2-15(11-30)28-23(31)21-22(37-13-36-21)24(32)29-20(25(33)34)10-14-6-8-16(9-7-14)35-12-17-18(26)4-3-5-19(17)27/h3-9,15,20-22,30H,2,10-13H2,1H3,(H,28,31)(H,29,32)(H,33,34)/t15?,20-,21+,22+/m0/s1. The maximum Gasteiger partial charge on any atom is 0.326 e. The van der Waals surface area contributed by atoms with Crippen LogP contribution < -0.4 is 15.4 Å². The molecule has 2 aromatic carbocycles. The van der Waals surface area contributed by atoms with Crippen molar-refractivity contribution in [3.05, 3.63) is 63.6 Å². The molecule has 10 nitrogen and oxygen atoms in total. The van der Waals surface area contributed by atoms with Crippen molar-refractivity contribution < 1.29 is 38.8 Å². The van der Waals surface area contributed by atoms with Crippen molar-refractivity contribution in [2.45, 2.75) is 50.7 Å². The molecule has 1 aliphatic rings. The molecule has 0 saturated carbocycles. The Balaban J connectivity index is 1.59. The number of halogens is 2. The van der Waals surface area contributed by atoms with E-state index in [0.29, 0.717) is 33.3 Å². The first-order valence-electron chi connectivity index (χ1n) is 11.6. The maximum atomic E-state index is 12.8. The number of nitrogens with one attached hydrogen (secondary N) is 2. The number of carboxylic acids is 1. The van der Waals surface area contributed by atoms with Gasteiger partial charge in [-0.3, -0.25) is 9.59 Å². The molecule has 1 unspecified atom stereocenters.